The van der Waals surface area contributed by atoms with E-state index in [1.807, 2.05) is 6.92 Å². The van der Waals surface area contributed by atoms with E-state index in [2.05, 4.69) is 14.9 Å². The van der Waals surface area contributed by atoms with Gasteiger partial charge in [0.2, 0.25) is 0 Å². The number of rotatable bonds is 0. The summed E-state index contributed by atoms with van der Waals surface area (Å²) in [6, 6.07) is 0. The Balaban J connectivity index is 2.06. The number of hydrogen-bond acceptors (Lipinski definition) is 5. The molecule has 1 saturated heterocycles. The molecule has 1 N–H and O–H groups in total. The van der Waals surface area contributed by atoms with Crippen molar-refractivity contribution in [2.45, 2.75) is 19.6 Å². The molecule has 0 saturated carbocycles. The van der Waals surface area contributed by atoms with E-state index in [1.165, 1.54) is 0 Å². The number of aliphatic hydroxyl groups excluding tert-OH is 1. The number of ether oxygens (including phenoxy) is 1. The monoisotopic (exact) mass is 197 g/mol. The number of hydrogen-bond donors (Lipinski definition) is 1. The second-order valence-corrected chi connectivity index (χ2v) is 3.49. The summed E-state index contributed by atoms with van der Waals surface area (Å²) in [6.45, 7) is 5.01. The predicted molar refractivity (Wildman–Crippen MR) is 53.6 cm³/mol. The van der Waals surface area contributed by atoms with Gasteiger partial charge in [-0.05, 0) is 6.92 Å². The van der Waals surface area contributed by atoms with E-state index in [1.54, 1.807) is 0 Å². The molecule has 78 valence electrons. The zero-order chi connectivity index (χ0) is 9.97. The first kappa shape index (κ1) is 9.61. The van der Waals surface area contributed by atoms with Crippen LogP contribution in [0.3, 0.4) is 0 Å². The van der Waals surface area contributed by atoms with Gasteiger partial charge in [0.15, 0.2) is 6.23 Å². The zero-order valence-corrected chi connectivity index (χ0v) is 8.31. The highest BCUT2D eigenvalue weighted by Crippen LogP contribution is 2.10. The minimum absolute atomic E-state index is 0.525. The van der Waals surface area contributed by atoms with E-state index in [0.717, 1.165) is 32.1 Å². The number of aliphatic imine (C=N–C) groups is 2. The number of amidine groups is 2. The Bertz CT molecular complexity index is 269. The van der Waals surface area contributed by atoms with Crippen LogP contribution in [0, 0.1) is 0 Å². The zero-order valence-electron chi connectivity index (χ0n) is 8.31. The van der Waals surface area contributed by atoms with Gasteiger partial charge < -0.3 is 14.7 Å². The molecule has 2 heterocycles. The second-order valence-electron chi connectivity index (χ2n) is 3.49. The third-order valence-corrected chi connectivity index (χ3v) is 2.37. The largest absolute Gasteiger partial charge is 0.378 e. The van der Waals surface area contributed by atoms with Crippen LogP contribution >= 0.6 is 0 Å². The quantitative estimate of drug-likeness (QED) is 0.588. The molecule has 1 unspecified atom stereocenters. The Hall–Kier alpha value is -0.940. The second kappa shape index (κ2) is 4.06. The smallest absolute Gasteiger partial charge is 0.154 e. The molecule has 2 aliphatic heterocycles. The third-order valence-electron chi connectivity index (χ3n) is 2.37. The average molecular weight is 197 g/mol. The van der Waals surface area contributed by atoms with Gasteiger partial charge in [0.1, 0.15) is 11.7 Å². The SMILES string of the molecule is CC1=NC(O)CC(N2CCOCC2)=N1. The topological polar surface area (TPSA) is 57.4 Å². The molecular weight excluding hydrogens is 182 g/mol. The number of nitrogens with zero attached hydrogens (tertiary/aromatic N) is 3. The van der Waals surface area contributed by atoms with Gasteiger partial charge >= 0.3 is 0 Å². The molecule has 1 atom stereocenters. The minimum Gasteiger partial charge on any atom is -0.378 e. The Morgan fingerprint density at radius 1 is 1.43 bits per heavy atom. The molecule has 0 radical (unpaired) electrons. The van der Waals surface area contributed by atoms with E-state index < -0.39 is 6.23 Å². The lowest BCUT2D eigenvalue weighted by Gasteiger charge is -2.31. The van der Waals surface area contributed by atoms with Crippen LogP contribution in [0.5, 0.6) is 0 Å². The predicted octanol–water partition coefficient (Wildman–Crippen LogP) is -0.142. The fraction of sp³-hybridized carbons (Fsp3) is 0.778. The van der Waals surface area contributed by atoms with Gasteiger partial charge in [-0.2, -0.15) is 0 Å². The van der Waals surface area contributed by atoms with Crippen molar-refractivity contribution < 1.29 is 9.84 Å². The molecule has 0 aromatic carbocycles. The Labute approximate surface area is 83.1 Å². The summed E-state index contributed by atoms with van der Waals surface area (Å²) in [5, 5.41) is 9.45. The van der Waals surface area contributed by atoms with Crippen molar-refractivity contribution in [2.24, 2.45) is 9.98 Å². The molecule has 1 fully saturated rings. The first-order valence-corrected chi connectivity index (χ1v) is 4.88. The molecule has 0 aromatic rings. The van der Waals surface area contributed by atoms with Crippen LogP contribution in [0.2, 0.25) is 0 Å². The minimum atomic E-state index is -0.620. The van der Waals surface area contributed by atoms with Gasteiger partial charge in [-0.25, -0.2) is 9.98 Å². The van der Waals surface area contributed by atoms with Crippen molar-refractivity contribution in [1.29, 1.82) is 0 Å². The van der Waals surface area contributed by atoms with Crippen LogP contribution < -0.4 is 0 Å². The number of morpholine rings is 1. The molecular formula is C9H15N3O2. The molecule has 2 rings (SSSR count). The van der Waals surface area contributed by atoms with Crippen molar-refractivity contribution in [2.75, 3.05) is 26.3 Å². The highest BCUT2D eigenvalue weighted by molar-refractivity contribution is 5.98. The fourth-order valence-electron chi connectivity index (χ4n) is 1.71. The first-order valence-electron chi connectivity index (χ1n) is 4.88. The lowest BCUT2D eigenvalue weighted by atomic mass is 10.2. The third kappa shape index (κ3) is 2.10. The van der Waals surface area contributed by atoms with Crippen molar-refractivity contribution in [3.05, 3.63) is 0 Å². The van der Waals surface area contributed by atoms with Gasteiger partial charge in [0.25, 0.3) is 0 Å². The maximum atomic E-state index is 9.45. The summed E-state index contributed by atoms with van der Waals surface area (Å²) in [6.07, 6.45) is -0.0949. The Morgan fingerprint density at radius 3 is 2.79 bits per heavy atom. The summed E-state index contributed by atoms with van der Waals surface area (Å²) in [4.78, 5) is 10.4. The van der Waals surface area contributed by atoms with Crippen LogP contribution in [0.1, 0.15) is 13.3 Å². The van der Waals surface area contributed by atoms with Crippen LogP contribution in [0.4, 0.5) is 0 Å². The lowest BCUT2D eigenvalue weighted by Crippen LogP contribution is -2.43. The maximum Gasteiger partial charge on any atom is 0.154 e. The van der Waals surface area contributed by atoms with Gasteiger partial charge in [0, 0.05) is 13.1 Å². The highest BCUT2D eigenvalue weighted by Gasteiger charge is 2.20. The van der Waals surface area contributed by atoms with E-state index in [-0.39, 0.29) is 0 Å². The van der Waals surface area contributed by atoms with Gasteiger partial charge in [0.05, 0.1) is 19.6 Å². The summed E-state index contributed by atoms with van der Waals surface area (Å²) in [7, 11) is 0. The van der Waals surface area contributed by atoms with E-state index in [4.69, 9.17) is 4.74 Å². The van der Waals surface area contributed by atoms with E-state index in [0.29, 0.717) is 12.3 Å². The van der Waals surface area contributed by atoms with Gasteiger partial charge in [-0.3, -0.25) is 0 Å². The highest BCUT2D eigenvalue weighted by atomic mass is 16.5. The number of aliphatic hydroxyl groups is 1. The van der Waals surface area contributed by atoms with Gasteiger partial charge in [-0.1, -0.05) is 0 Å². The normalized spacial score (nSPS) is 28.4. The molecule has 0 spiro atoms. The van der Waals surface area contributed by atoms with E-state index >= 15 is 0 Å². The Kier molecular flexibility index (Phi) is 2.79. The summed E-state index contributed by atoms with van der Waals surface area (Å²) < 4.78 is 5.25. The van der Waals surface area contributed by atoms with Gasteiger partial charge in [-0.15, -0.1) is 0 Å². The molecule has 14 heavy (non-hydrogen) atoms. The van der Waals surface area contributed by atoms with Crippen molar-refractivity contribution >= 4 is 11.7 Å². The molecule has 0 aliphatic carbocycles. The molecule has 5 heteroatoms. The standard InChI is InChI=1S/C9H15N3O2/c1-7-10-8(6-9(13)11-7)12-2-4-14-5-3-12/h9,13H,2-6H2,1H3. The summed E-state index contributed by atoms with van der Waals surface area (Å²) >= 11 is 0. The van der Waals surface area contributed by atoms with Crippen molar-refractivity contribution in [3.8, 4) is 0 Å². The van der Waals surface area contributed by atoms with E-state index in [9.17, 15) is 5.11 Å². The van der Waals surface area contributed by atoms with Crippen LogP contribution in [0.15, 0.2) is 9.98 Å². The molecule has 5 nitrogen and oxygen atoms in total. The van der Waals surface area contributed by atoms with Crippen molar-refractivity contribution in [1.82, 2.24) is 4.90 Å². The summed E-state index contributed by atoms with van der Waals surface area (Å²) in [5.74, 6) is 1.60. The maximum absolute atomic E-state index is 9.45. The molecule has 2 aliphatic rings. The van der Waals surface area contributed by atoms with Crippen LogP contribution in [-0.4, -0.2) is 54.2 Å². The molecule has 0 bridgehead atoms. The van der Waals surface area contributed by atoms with Crippen LogP contribution in [-0.2, 0) is 4.74 Å². The molecule has 0 aromatic heterocycles. The first-order chi connectivity index (χ1) is 6.75. The van der Waals surface area contributed by atoms with Crippen LogP contribution in [0.25, 0.3) is 0 Å². The lowest BCUT2D eigenvalue weighted by molar-refractivity contribution is 0.0653. The summed E-state index contributed by atoms with van der Waals surface area (Å²) in [5.41, 5.74) is 0. The molecule has 0 amide bonds. The Morgan fingerprint density at radius 2 is 2.14 bits per heavy atom. The fourth-order valence-corrected chi connectivity index (χ4v) is 1.71. The average Bonchev–Trinajstić information content (AvgIpc) is 2.18. The van der Waals surface area contributed by atoms with Crippen molar-refractivity contribution in [3.63, 3.8) is 0 Å².